The molecule has 1 rings (SSSR count). The smallest absolute Gasteiger partial charge is 0.335 e. The molecule has 3 heteroatoms. The van der Waals surface area contributed by atoms with Crippen molar-refractivity contribution in [3.05, 3.63) is 42.5 Å². The first kappa shape index (κ1) is 10.3. The molecular formula is C11H12O3. The van der Waals surface area contributed by atoms with Crippen LogP contribution in [0.15, 0.2) is 36.9 Å². The van der Waals surface area contributed by atoms with Gasteiger partial charge in [-0.2, -0.15) is 0 Å². The summed E-state index contributed by atoms with van der Waals surface area (Å²) in [7, 11) is 0. The van der Waals surface area contributed by atoms with Gasteiger partial charge in [-0.25, -0.2) is 4.79 Å². The zero-order chi connectivity index (χ0) is 10.4. The van der Waals surface area contributed by atoms with E-state index in [-0.39, 0.29) is 5.56 Å². The van der Waals surface area contributed by atoms with Gasteiger partial charge in [0.25, 0.3) is 0 Å². The summed E-state index contributed by atoms with van der Waals surface area (Å²) in [6, 6.07) is 6.43. The van der Waals surface area contributed by atoms with Gasteiger partial charge in [-0.3, -0.25) is 0 Å². The van der Waals surface area contributed by atoms with Crippen LogP contribution in [0.4, 0.5) is 0 Å². The summed E-state index contributed by atoms with van der Waals surface area (Å²) in [6.45, 7) is 4.08. The van der Waals surface area contributed by atoms with Crippen molar-refractivity contribution in [2.75, 3.05) is 6.61 Å². The van der Waals surface area contributed by atoms with E-state index < -0.39 is 5.97 Å². The van der Waals surface area contributed by atoms with Crippen molar-refractivity contribution < 1.29 is 14.6 Å². The molecule has 0 bridgehead atoms. The fourth-order valence-corrected chi connectivity index (χ4v) is 0.979. The minimum atomic E-state index is -0.945. The number of hydrogen-bond donors (Lipinski definition) is 1. The maximum atomic E-state index is 10.6. The molecule has 0 heterocycles. The fraction of sp³-hybridized carbons (Fsp3) is 0.182. The van der Waals surface area contributed by atoms with Crippen molar-refractivity contribution >= 4 is 5.97 Å². The monoisotopic (exact) mass is 192 g/mol. The summed E-state index contributed by atoms with van der Waals surface area (Å²) in [5, 5.41) is 8.71. The van der Waals surface area contributed by atoms with Crippen molar-refractivity contribution in [3.63, 3.8) is 0 Å². The number of ether oxygens (including phenoxy) is 1. The van der Waals surface area contributed by atoms with Crippen LogP contribution in [0.25, 0.3) is 0 Å². The average Bonchev–Trinajstić information content (AvgIpc) is 2.19. The Morgan fingerprint density at radius 1 is 1.57 bits per heavy atom. The Labute approximate surface area is 82.6 Å². The Hall–Kier alpha value is -1.77. The first-order valence-corrected chi connectivity index (χ1v) is 4.31. The molecule has 0 saturated carbocycles. The lowest BCUT2D eigenvalue weighted by Gasteiger charge is -2.04. The first-order chi connectivity index (χ1) is 6.74. The van der Waals surface area contributed by atoms with Crippen LogP contribution < -0.4 is 4.74 Å². The van der Waals surface area contributed by atoms with E-state index in [1.165, 1.54) is 12.1 Å². The highest BCUT2D eigenvalue weighted by molar-refractivity contribution is 5.87. The standard InChI is InChI=1S/C11H12O3/c1-2-3-7-14-10-6-4-5-9(8-10)11(12)13/h2,4-6,8H,1,3,7H2,(H,12,13). The maximum Gasteiger partial charge on any atom is 0.335 e. The van der Waals surface area contributed by atoms with Gasteiger partial charge in [0, 0.05) is 0 Å². The Kier molecular flexibility index (Phi) is 3.73. The highest BCUT2D eigenvalue weighted by Crippen LogP contribution is 2.13. The molecule has 0 radical (unpaired) electrons. The van der Waals surface area contributed by atoms with Crippen molar-refractivity contribution in [2.24, 2.45) is 0 Å². The molecule has 0 aliphatic heterocycles. The van der Waals surface area contributed by atoms with Gasteiger partial charge in [-0.05, 0) is 24.6 Å². The molecule has 0 fully saturated rings. The average molecular weight is 192 g/mol. The summed E-state index contributed by atoms with van der Waals surface area (Å²) in [4.78, 5) is 10.6. The van der Waals surface area contributed by atoms with Crippen LogP contribution >= 0.6 is 0 Å². The topological polar surface area (TPSA) is 46.5 Å². The molecule has 0 amide bonds. The van der Waals surface area contributed by atoms with E-state index in [4.69, 9.17) is 9.84 Å². The molecule has 1 N–H and O–H groups in total. The number of hydrogen-bond acceptors (Lipinski definition) is 2. The summed E-state index contributed by atoms with van der Waals surface area (Å²) in [5.41, 5.74) is 0.237. The maximum absolute atomic E-state index is 10.6. The minimum absolute atomic E-state index is 0.237. The van der Waals surface area contributed by atoms with Gasteiger partial charge in [-0.1, -0.05) is 12.1 Å². The van der Waals surface area contributed by atoms with E-state index in [0.29, 0.717) is 12.4 Å². The Balaban J connectivity index is 2.63. The number of carboxylic acids is 1. The molecule has 3 nitrogen and oxygen atoms in total. The van der Waals surface area contributed by atoms with E-state index in [2.05, 4.69) is 6.58 Å². The van der Waals surface area contributed by atoms with Crippen LogP contribution in [0.5, 0.6) is 5.75 Å². The number of benzene rings is 1. The molecule has 0 aromatic heterocycles. The Bertz CT molecular complexity index is 331. The molecule has 1 aromatic carbocycles. The molecule has 0 aliphatic rings. The first-order valence-electron chi connectivity index (χ1n) is 4.31. The predicted molar refractivity (Wildman–Crippen MR) is 53.7 cm³/mol. The lowest BCUT2D eigenvalue weighted by atomic mass is 10.2. The van der Waals surface area contributed by atoms with Crippen LogP contribution in [-0.4, -0.2) is 17.7 Å². The molecule has 74 valence electrons. The van der Waals surface area contributed by atoms with E-state index in [9.17, 15) is 4.79 Å². The van der Waals surface area contributed by atoms with Gasteiger partial charge in [0.15, 0.2) is 0 Å². The summed E-state index contributed by atoms with van der Waals surface area (Å²) in [6.07, 6.45) is 2.50. The molecular weight excluding hydrogens is 180 g/mol. The van der Waals surface area contributed by atoms with Crippen molar-refractivity contribution in [1.29, 1.82) is 0 Å². The second kappa shape index (κ2) is 5.07. The lowest BCUT2D eigenvalue weighted by molar-refractivity contribution is 0.0696. The van der Waals surface area contributed by atoms with Gasteiger partial charge in [0.05, 0.1) is 12.2 Å². The third-order valence-electron chi connectivity index (χ3n) is 1.67. The van der Waals surface area contributed by atoms with Crippen LogP contribution in [0.1, 0.15) is 16.8 Å². The van der Waals surface area contributed by atoms with E-state index in [1.54, 1.807) is 18.2 Å². The minimum Gasteiger partial charge on any atom is -0.493 e. The molecule has 1 aromatic rings. The summed E-state index contributed by atoms with van der Waals surface area (Å²) >= 11 is 0. The second-order valence-electron chi connectivity index (χ2n) is 2.76. The Morgan fingerprint density at radius 2 is 2.36 bits per heavy atom. The van der Waals surface area contributed by atoms with Crippen LogP contribution in [0.3, 0.4) is 0 Å². The van der Waals surface area contributed by atoms with Crippen molar-refractivity contribution in [1.82, 2.24) is 0 Å². The van der Waals surface area contributed by atoms with E-state index >= 15 is 0 Å². The van der Waals surface area contributed by atoms with Crippen LogP contribution in [0.2, 0.25) is 0 Å². The van der Waals surface area contributed by atoms with Crippen LogP contribution in [0, 0.1) is 0 Å². The third-order valence-corrected chi connectivity index (χ3v) is 1.67. The van der Waals surface area contributed by atoms with Gasteiger partial charge in [0.1, 0.15) is 5.75 Å². The second-order valence-corrected chi connectivity index (χ2v) is 2.76. The van der Waals surface area contributed by atoms with Gasteiger partial charge >= 0.3 is 5.97 Å². The Morgan fingerprint density at radius 3 is 3.00 bits per heavy atom. The fourth-order valence-electron chi connectivity index (χ4n) is 0.979. The molecule has 0 saturated heterocycles. The van der Waals surface area contributed by atoms with Gasteiger partial charge in [0.2, 0.25) is 0 Å². The van der Waals surface area contributed by atoms with Crippen molar-refractivity contribution in [2.45, 2.75) is 6.42 Å². The zero-order valence-electron chi connectivity index (χ0n) is 7.77. The highest BCUT2D eigenvalue weighted by Gasteiger charge is 2.02. The molecule has 14 heavy (non-hydrogen) atoms. The molecule has 0 atom stereocenters. The van der Waals surface area contributed by atoms with Crippen LogP contribution in [-0.2, 0) is 0 Å². The SMILES string of the molecule is C=CCCOc1cccc(C(=O)O)c1. The third kappa shape index (κ3) is 2.94. The van der Waals surface area contributed by atoms with E-state index in [1.807, 2.05) is 0 Å². The quantitative estimate of drug-likeness (QED) is 0.575. The highest BCUT2D eigenvalue weighted by atomic mass is 16.5. The number of carboxylic acid groups (broad SMARTS) is 1. The molecule has 0 aliphatic carbocycles. The molecule has 0 unspecified atom stereocenters. The predicted octanol–water partition coefficient (Wildman–Crippen LogP) is 2.34. The molecule has 0 spiro atoms. The number of rotatable bonds is 5. The largest absolute Gasteiger partial charge is 0.493 e. The van der Waals surface area contributed by atoms with Crippen molar-refractivity contribution in [3.8, 4) is 5.75 Å². The lowest BCUT2D eigenvalue weighted by Crippen LogP contribution is -1.99. The van der Waals surface area contributed by atoms with Gasteiger partial charge < -0.3 is 9.84 Å². The normalized spacial score (nSPS) is 9.43. The number of aromatic carboxylic acids is 1. The summed E-state index contributed by atoms with van der Waals surface area (Å²) < 4.78 is 5.30. The number of carbonyl (C=O) groups is 1. The van der Waals surface area contributed by atoms with Gasteiger partial charge in [-0.15, -0.1) is 6.58 Å². The summed E-state index contributed by atoms with van der Waals surface area (Å²) in [5.74, 6) is -0.370. The zero-order valence-corrected chi connectivity index (χ0v) is 7.77. The van der Waals surface area contributed by atoms with E-state index in [0.717, 1.165) is 6.42 Å².